The first-order valence-electron chi connectivity index (χ1n) is 0. The summed E-state index contributed by atoms with van der Waals surface area (Å²) < 4.78 is 0. The molecule has 0 N–H and O–H groups in total. The van der Waals surface area contributed by atoms with E-state index in [1.807, 2.05) is 0 Å². The molecule has 0 amide bonds. The van der Waals surface area contributed by atoms with Crippen molar-refractivity contribution in [2.45, 2.75) is 0 Å². The average molecular weight is 131 g/mol. The summed E-state index contributed by atoms with van der Waals surface area (Å²) >= 11 is 0. The normalized spacial score (nSPS) is 0. The summed E-state index contributed by atoms with van der Waals surface area (Å²) in [5.74, 6) is 0. The molecular formula is CaNiO2. The van der Waals surface area contributed by atoms with Crippen molar-refractivity contribution >= 4 is 37.7 Å². The molecule has 0 radical (unpaired) electrons. The Labute approximate surface area is 64.5 Å². The average Bonchev–Trinajstić information content (AvgIpc) is 0. The van der Waals surface area contributed by atoms with Crippen LogP contribution in [0.15, 0.2) is 0 Å². The number of hydrogen-bond donors (Lipinski definition) is 0. The van der Waals surface area contributed by atoms with E-state index in [0.29, 0.717) is 0 Å². The molecule has 0 aromatic rings. The molecule has 0 aliphatic carbocycles. The maximum absolute atomic E-state index is 0. The molecule has 0 saturated heterocycles. The molecule has 0 atom stereocenters. The molecule has 24 valence electrons. The Morgan fingerprint density at radius 3 is 0.750 bits per heavy atom. The van der Waals surface area contributed by atoms with E-state index < -0.39 is 0 Å². The van der Waals surface area contributed by atoms with E-state index in [9.17, 15) is 0 Å². The Balaban J connectivity index is 0. The Morgan fingerprint density at radius 2 is 0.750 bits per heavy atom. The van der Waals surface area contributed by atoms with Crippen LogP contribution in [0.4, 0.5) is 0 Å². The first-order valence-corrected chi connectivity index (χ1v) is 0. The molecule has 2 nitrogen and oxygen atoms in total. The topological polar surface area (TPSA) is 57.0 Å². The van der Waals surface area contributed by atoms with Gasteiger partial charge in [0.2, 0.25) is 0 Å². The van der Waals surface area contributed by atoms with Crippen molar-refractivity contribution in [2.75, 3.05) is 0 Å². The van der Waals surface area contributed by atoms with Gasteiger partial charge in [-0.15, -0.1) is 0 Å². The van der Waals surface area contributed by atoms with Crippen molar-refractivity contribution in [3.63, 3.8) is 0 Å². The molecule has 0 spiro atoms. The minimum absolute atomic E-state index is 0. The summed E-state index contributed by atoms with van der Waals surface area (Å²) in [6.45, 7) is 0. The maximum atomic E-state index is 0. The van der Waals surface area contributed by atoms with Crippen molar-refractivity contribution in [1.29, 1.82) is 0 Å². The molecule has 0 bridgehead atoms. The summed E-state index contributed by atoms with van der Waals surface area (Å²) in [4.78, 5) is 0. The predicted molar refractivity (Wildman–Crippen MR) is 7.13 cm³/mol. The van der Waals surface area contributed by atoms with Crippen molar-refractivity contribution in [3.8, 4) is 0 Å². The zero-order valence-electron chi connectivity index (χ0n) is 1.84. The van der Waals surface area contributed by atoms with Gasteiger partial charge in [-0.1, -0.05) is 0 Å². The quantitative estimate of drug-likeness (QED) is 0.393. The molecule has 0 rings (SSSR count). The summed E-state index contributed by atoms with van der Waals surface area (Å²) in [6.07, 6.45) is 0. The van der Waals surface area contributed by atoms with Gasteiger partial charge in [0.15, 0.2) is 0 Å². The van der Waals surface area contributed by atoms with Crippen LogP contribution < -0.4 is 0 Å². The zero-order chi connectivity index (χ0) is 0. The van der Waals surface area contributed by atoms with Crippen LogP contribution in [-0.4, -0.2) is 37.7 Å². The van der Waals surface area contributed by atoms with Gasteiger partial charge in [-0.25, -0.2) is 0 Å². The Bertz CT molecular complexity index is 6.00. The summed E-state index contributed by atoms with van der Waals surface area (Å²) in [7, 11) is 0. The smallest absolute Gasteiger partial charge is 2.00 e. The molecular weight excluding hydrogens is 131 g/mol. The van der Waals surface area contributed by atoms with E-state index in [1.54, 1.807) is 0 Å². The molecule has 4 heteroatoms. The Morgan fingerprint density at radius 1 is 0.750 bits per heavy atom. The summed E-state index contributed by atoms with van der Waals surface area (Å²) in [5.41, 5.74) is 0. The van der Waals surface area contributed by atoms with Crippen molar-refractivity contribution < 1.29 is 27.4 Å². The SMILES string of the molecule is [Ca+2].[Ni+2].[O-2].[O-2]. The monoisotopic (exact) mass is 130 g/mol. The van der Waals surface area contributed by atoms with Crippen molar-refractivity contribution in [3.05, 3.63) is 0 Å². The molecule has 0 fully saturated rings. The maximum Gasteiger partial charge on any atom is 2.00 e. The van der Waals surface area contributed by atoms with Gasteiger partial charge in [0.1, 0.15) is 0 Å². The van der Waals surface area contributed by atoms with Gasteiger partial charge in [-0.2, -0.15) is 0 Å². The van der Waals surface area contributed by atoms with E-state index in [-0.39, 0.29) is 65.2 Å². The first kappa shape index (κ1) is 44.3. The van der Waals surface area contributed by atoms with E-state index in [1.165, 1.54) is 0 Å². The van der Waals surface area contributed by atoms with E-state index in [4.69, 9.17) is 0 Å². The molecule has 0 aliphatic heterocycles. The summed E-state index contributed by atoms with van der Waals surface area (Å²) in [5, 5.41) is 0. The largest absolute Gasteiger partial charge is 2.00 e. The van der Waals surface area contributed by atoms with Crippen LogP contribution >= 0.6 is 0 Å². The summed E-state index contributed by atoms with van der Waals surface area (Å²) in [6, 6.07) is 0. The second-order valence-electron chi connectivity index (χ2n) is 0. The van der Waals surface area contributed by atoms with Crippen LogP contribution in [0.1, 0.15) is 0 Å². The standard InChI is InChI=1S/Ca.Ni.2O/q2*+2;2*-2. The van der Waals surface area contributed by atoms with Crippen molar-refractivity contribution in [1.82, 2.24) is 0 Å². The van der Waals surface area contributed by atoms with Crippen LogP contribution in [0.25, 0.3) is 0 Å². The first-order chi connectivity index (χ1) is 0. The third kappa shape index (κ3) is 9.38. The van der Waals surface area contributed by atoms with Crippen molar-refractivity contribution in [2.24, 2.45) is 0 Å². The van der Waals surface area contributed by atoms with Gasteiger partial charge < -0.3 is 11.0 Å². The zero-order valence-corrected chi connectivity index (χ0v) is 5.04. The number of hydrogen-bond acceptors (Lipinski definition) is 0. The van der Waals surface area contributed by atoms with E-state index in [0.717, 1.165) is 0 Å². The molecule has 0 aromatic carbocycles. The van der Waals surface area contributed by atoms with Crippen LogP contribution in [0, 0.1) is 0 Å². The minimum atomic E-state index is 0. The van der Waals surface area contributed by atoms with Gasteiger partial charge in [-0.05, 0) is 0 Å². The predicted octanol–water partition coefficient (Wildman–Crippen LogP) is -0.621. The van der Waals surface area contributed by atoms with Crippen LogP contribution in [0.2, 0.25) is 0 Å². The number of rotatable bonds is 0. The molecule has 0 aliphatic rings. The van der Waals surface area contributed by atoms with Gasteiger partial charge >= 0.3 is 54.2 Å². The van der Waals surface area contributed by atoms with Crippen LogP contribution in [0.5, 0.6) is 0 Å². The van der Waals surface area contributed by atoms with E-state index in [2.05, 4.69) is 0 Å². The third-order valence-electron chi connectivity index (χ3n) is 0. The third-order valence-corrected chi connectivity index (χ3v) is 0. The van der Waals surface area contributed by atoms with Gasteiger partial charge in [0.05, 0.1) is 0 Å². The van der Waals surface area contributed by atoms with Crippen LogP contribution in [-0.2, 0) is 27.4 Å². The Kier molecular flexibility index (Phi) is 249. The Hall–Kier alpha value is 1.67. The molecule has 0 heterocycles. The molecule has 0 saturated carbocycles. The second kappa shape index (κ2) is 22.5. The molecule has 4 heavy (non-hydrogen) atoms. The van der Waals surface area contributed by atoms with Crippen LogP contribution in [0.3, 0.4) is 0 Å². The van der Waals surface area contributed by atoms with E-state index >= 15 is 0 Å². The molecule has 0 unspecified atom stereocenters. The minimum Gasteiger partial charge on any atom is -2.00 e. The fourth-order valence-corrected chi connectivity index (χ4v) is 0. The molecule has 0 aromatic heterocycles. The van der Waals surface area contributed by atoms with Gasteiger partial charge in [0.25, 0.3) is 0 Å². The fraction of sp³-hybridized carbons (Fsp3) is 0. The second-order valence-corrected chi connectivity index (χ2v) is 0. The fourth-order valence-electron chi connectivity index (χ4n) is 0. The van der Waals surface area contributed by atoms with Gasteiger partial charge in [0, 0.05) is 0 Å². The van der Waals surface area contributed by atoms with Gasteiger partial charge in [-0.3, -0.25) is 0 Å².